The van der Waals surface area contributed by atoms with Crippen LogP contribution in [0.15, 0.2) is 0 Å². The molecule has 142 valence electrons. The van der Waals surface area contributed by atoms with Gasteiger partial charge < -0.3 is 20.6 Å². The number of piperidine rings is 1. The van der Waals surface area contributed by atoms with Gasteiger partial charge >= 0.3 is 12.0 Å². The smallest absolute Gasteiger partial charge is 0.317 e. The molecule has 0 aromatic carbocycles. The standard InChI is InChI=1S/C18H31N3O4/c1-13(2)11-19-17(25)21-8-3-5-14(12-21)9-15(22)20-18(6-4-7-18)10-16(23)24/h13-14H,3-12H2,1-2H3,(H,19,25)(H,20,22)(H,23,24). The van der Waals surface area contributed by atoms with E-state index in [0.29, 0.717) is 25.4 Å². The average Bonchev–Trinajstić information content (AvgIpc) is 2.50. The first-order chi connectivity index (χ1) is 11.8. The lowest BCUT2D eigenvalue weighted by atomic mass is 9.74. The minimum absolute atomic E-state index is 0.00681. The van der Waals surface area contributed by atoms with Crippen LogP contribution in [0.2, 0.25) is 0 Å². The summed E-state index contributed by atoms with van der Waals surface area (Å²) in [6.07, 6.45) is 4.60. The van der Waals surface area contributed by atoms with Crippen molar-refractivity contribution in [2.45, 2.75) is 64.3 Å². The third-order valence-electron chi connectivity index (χ3n) is 5.15. The molecule has 1 saturated heterocycles. The second-order valence-corrected chi connectivity index (χ2v) is 7.99. The van der Waals surface area contributed by atoms with Crippen LogP contribution in [0.5, 0.6) is 0 Å². The number of likely N-dealkylation sites (tertiary alicyclic amines) is 1. The molecule has 1 atom stereocenters. The molecular formula is C18H31N3O4. The van der Waals surface area contributed by atoms with E-state index >= 15 is 0 Å². The molecule has 0 radical (unpaired) electrons. The van der Waals surface area contributed by atoms with Gasteiger partial charge in [-0.25, -0.2) is 4.79 Å². The zero-order valence-corrected chi connectivity index (χ0v) is 15.3. The fourth-order valence-corrected chi connectivity index (χ4v) is 3.67. The molecule has 1 aliphatic heterocycles. The fourth-order valence-electron chi connectivity index (χ4n) is 3.67. The third-order valence-corrected chi connectivity index (χ3v) is 5.15. The van der Waals surface area contributed by atoms with Crippen molar-refractivity contribution in [1.29, 1.82) is 0 Å². The number of nitrogens with one attached hydrogen (secondary N) is 2. The number of amides is 3. The van der Waals surface area contributed by atoms with Crippen LogP contribution >= 0.6 is 0 Å². The molecule has 0 aromatic heterocycles. The normalized spacial score (nSPS) is 22.2. The lowest BCUT2D eigenvalue weighted by Crippen LogP contribution is -2.55. The van der Waals surface area contributed by atoms with Gasteiger partial charge in [0.1, 0.15) is 0 Å². The van der Waals surface area contributed by atoms with E-state index in [1.807, 2.05) is 0 Å². The molecule has 2 fully saturated rings. The van der Waals surface area contributed by atoms with Crippen LogP contribution in [-0.4, -0.2) is 53.1 Å². The number of carbonyl (C=O) groups excluding carboxylic acids is 2. The fraction of sp³-hybridized carbons (Fsp3) is 0.833. The molecule has 1 unspecified atom stereocenters. The van der Waals surface area contributed by atoms with Gasteiger partial charge in [-0.3, -0.25) is 9.59 Å². The van der Waals surface area contributed by atoms with Gasteiger partial charge in [0, 0.05) is 26.1 Å². The molecule has 1 aliphatic carbocycles. The summed E-state index contributed by atoms with van der Waals surface area (Å²) in [4.78, 5) is 37.4. The van der Waals surface area contributed by atoms with Gasteiger partial charge in [-0.1, -0.05) is 13.8 Å². The summed E-state index contributed by atoms with van der Waals surface area (Å²) in [5.41, 5.74) is -0.550. The average molecular weight is 353 g/mol. The van der Waals surface area contributed by atoms with Gasteiger partial charge in [-0.2, -0.15) is 0 Å². The number of hydrogen-bond acceptors (Lipinski definition) is 3. The van der Waals surface area contributed by atoms with Gasteiger partial charge in [-0.05, 0) is 43.9 Å². The lowest BCUT2D eigenvalue weighted by molar-refractivity contribution is -0.140. The van der Waals surface area contributed by atoms with E-state index in [-0.39, 0.29) is 24.3 Å². The number of carboxylic acids is 1. The minimum Gasteiger partial charge on any atom is -0.481 e. The predicted molar refractivity (Wildman–Crippen MR) is 94.1 cm³/mol. The predicted octanol–water partition coefficient (Wildman–Crippen LogP) is 1.97. The van der Waals surface area contributed by atoms with Crippen molar-refractivity contribution in [2.24, 2.45) is 11.8 Å². The summed E-state index contributed by atoms with van der Waals surface area (Å²) in [6.45, 7) is 6.07. The summed E-state index contributed by atoms with van der Waals surface area (Å²) in [7, 11) is 0. The maximum absolute atomic E-state index is 12.4. The van der Waals surface area contributed by atoms with Crippen LogP contribution in [0.25, 0.3) is 0 Å². The number of carbonyl (C=O) groups is 3. The molecule has 3 amide bonds. The van der Waals surface area contributed by atoms with Crippen LogP contribution < -0.4 is 10.6 Å². The van der Waals surface area contributed by atoms with E-state index in [0.717, 1.165) is 38.6 Å². The summed E-state index contributed by atoms with van der Waals surface area (Å²) >= 11 is 0. The molecule has 1 saturated carbocycles. The molecule has 7 nitrogen and oxygen atoms in total. The first-order valence-electron chi connectivity index (χ1n) is 9.35. The SMILES string of the molecule is CC(C)CNC(=O)N1CCCC(CC(=O)NC2(CC(=O)O)CCC2)C1. The van der Waals surface area contributed by atoms with Crippen LogP contribution in [0, 0.1) is 11.8 Å². The molecule has 2 aliphatic rings. The Balaban J connectivity index is 1.80. The number of urea groups is 1. The van der Waals surface area contributed by atoms with Gasteiger partial charge in [0.2, 0.25) is 5.91 Å². The molecule has 3 N–H and O–H groups in total. The number of rotatable bonds is 7. The topological polar surface area (TPSA) is 98.7 Å². The first kappa shape index (κ1) is 19.5. The number of nitrogens with zero attached hydrogens (tertiary/aromatic N) is 1. The Morgan fingerprint density at radius 2 is 1.96 bits per heavy atom. The van der Waals surface area contributed by atoms with Crippen molar-refractivity contribution in [3.05, 3.63) is 0 Å². The maximum Gasteiger partial charge on any atom is 0.317 e. The number of hydrogen-bond donors (Lipinski definition) is 3. The highest BCUT2D eigenvalue weighted by atomic mass is 16.4. The van der Waals surface area contributed by atoms with E-state index < -0.39 is 11.5 Å². The van der Waals surface area contributed by atoms with Crippen molar-refractivity contribution in [1.82, 2.24) is 15.5 Å². The Hall–Kier alpha value is -1.79. The molecule has 25 heavy (non-hydrogen) atoms. The second kappa shape index (κ2) is 8.54. The maximum atomic E-state index is 12.4. The van der Waals surface area contributed by atoms with E-state index in [2.05, 4.69) is 24.5 Å². The van der Waals surface area contributed by atoms with Gasteiger partial charge in [-0.15, -0.1) is 0 Å². The Bertz CT molecular complexity index is 503. The monoisotopic (exact) mass is 353 g/mol. The van der Waals surface area contributed by atoms with E-state index in [1.165, 1.54) is 0 Å². The molecule has 2 rings (SSSR count). The van der Waals surface area contributed by atoms with Crippen LogP contribution in [0.4, 0.5) is 4.79 Å². The zero-order valence-electron chi connectivity index (χ0n) is 15.3. The zero-order chi connectivity index (χ0) is 18.4. The highest BCUT2D eigenvalue weighted by Crippen LogP contribution is 2.35. The molecule has 1 heterocycles. The summed E-state index contributed by atoms with van der Waals surface area (Å²) in [5.74, 6) is -0.412. The Morgan fingerprint density at radius 1 is 1.24 bits per heavy atom. The van der Waals surface area contributed by atoms with E-state index in [1.54, 1.807) is 4.90 Å². The largest absolute Gasteiger partial charge is 0.481 e. The molecule has 0 spiro atoms. The quantitative estimate of drug-likeness (QED) is 0.651. The van der Waals surface area contributed by atoms with Crippen LogP contribution in [0.3, 0.4) is 0 Å². The number of aliphatic carboxylic acids is 1. The summed E-state index contributed by atoms with van der Waals surface area (Å²) in [5, 5.41) is 14.9. The van der Waals surface area contributed by atoms with Crippen molar-refractivity contribution in [3.8, 4) is 0 Å². The molecule has 0 aromatic rings. The highest BCUT2D eigenvalue weighted by Gasteiger charge is 2.40. The lowest BCUT2D eigenvalue weighted by Gasteiger charge is -2.42. The van der Waals surface area contributed by atoms with E-state index in [9.17, 15) is 14.4 Å². The van der Waals surface area contributed by atoms with Crippen molar-refractivity contribution in [2.75, 3.05) is 19.6 Å². The molecule has 7 heteroatoms. The Kier molecular flexibility index (Phi) is 6.67. The molecular weight excluding hydrogens is 322 g/mol. The Morgan fingerprint density at radius 3 is 2.52 bits per heavy atom. The van der Waals surface area contributed by atoms with Crippen LogP contribution in [-0.2, 0) is 9.59 Å². The second-order valence-electron chi connectivity index (χ2n) is 7.99. The van der Waals surface area contributed by atoms with E-state index in [4.69, 9.17) is 5.11 Å². The van der Waals surface area contributed by atoms with Crippen molar-refractivity contribution < 1.29 is 19.5 Å². The van der Waals surface area contributed by atoms with Gasteiger partial charge in [0.25, 0.3) is 0 Å². The van der Waals surface area contributed by atoms with Crippen LogP contribution in [0.1, 0.15) is 58.8 Å². The Labute approximate surface area is 149 Å². The van der Waals surface area contributed by atoms with Gasteiger partial charge in [0.05, 0.1) is 12.0 Å². The summed E-state index contributed by atoms with van der Waals surface area (Å²) < 4.78 is 0. The summed E-state index contributed by atoms with van der Waals surface area (Å²) in [6, 6.07) is -0.0554. The van der Waals surface area contributed by atoms with Gasteiger partial charge in [0.15, 0.2) is 0 Å². The third kappa shape index (κ3) is 5.90. The van der Waals surface area contributed by atoms with Crippen molar-refractivity contribution in [3.63, 3.8) is 0 Å². The first-order valence-corrected chi connectivity index (χ1v) is 9.35. The minimum atomic E-state index is -0.870. The van der Waals surface area contributed by atoms with Crippen molar-refractivity contribution >= 4 is 17.9 Å². The highest BCUT2D eigenvalue weighted by molar-refractivity contribution is 5.79. The molecule has 0 bridgehead atoms. The number of carboxylic acid groups (broad SMARTS) is 1.